The van der Waals surface area contributed by atoms with Crippen molar-refractivity contribution in [1.29, 1.82) is 5.26 Å². The third kappa shape index (κ3) is 5.76. The first-order chi connectivity index (χ1) is 8.96. The zero-order chi connectivity index (χ0) is 14.3. The minimum Gasteiger partial charge on any atom is -0.399 e. The molecule has 104 valence electrons. The number of benzene rings is 1. The number of hydrogen-bond acceptors (Lipinski definition) is 3. The fraction of sp³-hybridized carbons (Fsp3) is 0.562. The van der Waals surface area contributed by atoms with E-state index in [0.717, 1.165) is 38.2 Å². The molecule has 3 heteroatoms. The number of hydrogen-bond donors (Lipinski definition) is 1. The molecule has 0 fully saturated rings. The second-order valence-electron chi connectivity index (χ2n) is 5.71. The van der Waals surface area contributed by atoms with Crippen LogP contribution < -0.4 is 5.73 Å². The highest BCUT2D eigenvalue weighted by molar-refractivity contribution is 5.40. The van der Waals surface area contributed by atoms with Gasteiger partial charge in [-0.05, 0) is 57.5 Å². The van der Waals surface area contributed by atoms with Gasteiger partial charge >= 0.3 is 0 Å². The second kappa shape index (κ2) is 7.16. The number of nitrogens with zero attached hydrogens (tertiary/aromatic N) is 2. The Hall–Kier alpha value is -1.53. The number of nitrogen functional groups attached to an aromatic ring is 1. The fourth-order valence-electron chi connectivity index (χ4n) is 2.10. The summed E-state index contributed by atoms with van der Waals surface area (Å²) in [7, 11) is 0. The van der Waals surface area contributed by atoms with Crippen LogP contribution in [0.25, 0.3) is 0 Å². The molecule has 1 aromatic rings. The van der Waals surface area contributed by atoms with Gasteiger partial charge in [0.2, 0.25) is 0 Å². The lowest BCUT2D eigenvalue weighted by atomic mass is 9.90. The molecule has 2 N–H and O–H groups in total. The van der Waals surface area contributed by atoms with Crippen LogP contribution in [0.2, 0.25) is 0 Å². The van der Waals surface area contributed by atoms with Crippen molar-refractivity contribution in [2.24, 2.45) is 5.41 Å². The average Bonchev–Trinajstić information content (AvgIpc) is 2.37. The molecule has 0 amide bonds. The Balaban J connectivity index is 2.45. The minimum atomic E-state index is -0.212. The molecule has 0 aliphatic carbocycles. The summed E-state index contributed by atoms with van der Waals surface area (Å²) in [5.74, 6) is 0. The third-order valence-corrected chi connectivity index (χ3v) is 3.38. The van der Waals surface area contributed by atoms with Gasteiger partial charge in [-0.25, -0.2) is 0 Å². The summed E-state index contributed by atoms with van der Waals surface area (Å²) >= 11 is 0. The van der Waals surface area contributed by atoms with Crippen molar-refractivity contribution in [3.63, 3.8) is 0 Å². The molecule has 0 aliphatic heterocycles. The van der Waals surface area contributed by atoms with Gasteiger partial charge < -0.3 is 5.73 Å². The molecule has 0 heterocycles. The first-order valence-electron chi connectivity index (χ1n) is 6.95. The van der Waals surface area contributed by atoms with E-state index >= 15 is 0 Å². The van der Waals surface area contributed by atoms with Crippen LogP contribution in [0.3, 0.4) is 0 Å². The highest BCUT2D eigenvalue weighted by Gasteiger charge is 2.16. The molecule has 0 aromatic heterocycles. The van der Waals surface area contributed by atoms with E-state index in [4.69, 9.17) is 11.0 Å². The Bertz CT molecular complexity index is 432. The van der Waals surface area contributed by atoms with E-state index in [9.17, 15) is 0 Å². The quantitative estimate of drug-likeness (QED) is 0.763. The van der Waals surface area contributed by atoms with Gasteiger partial charge in [0.1, 0.15) is 0 Å². The molecular formula is C16H25N3. The monoisotopic (exact) mass is 259 g/mol. The topological polar surface area (TPSA) is 53.0 Å². The molecule has 3 nitrogen and oxygen atoms in total. The lowest BCUT2D eigenvalue weighted by Crippen LogP contribution is -2.25. The van der Waals surface area contributed by atoms with Crippen molar-refractivity contribution in [3.05, 3.63) is 29.8 Å². The van der Waals surface area contributed by atoms with Gasteiger partial charge in [-0.2, -0.15) is 5.26 Å². The highest BCUT2D eigenvalue weighted by atomic mass is 15.1. The largest absolute Gasteiger partial charge is 0.399 e. The maximum atomic E-state index is 9.00. The maximum absolute atomic E-state index is 9.00. The standard InChI is InChI=1S/C16H25N3/c1-4-19(10-6-9-16(2,3)13-17)12-14-7-5-8-15(18)11-14/h5,7-8,11H,4,6,9-10,12,18H2,1-3H3. The molecule has 0 bridgehead atoms. The van der Waals surface area contributed by atoms with Crippen LogP contribution in [0.4, 0.5) is 5.69 Å². The van der Waals surface area contributed by atoms with E-state index in [0.29, 0.717) is 0 Å². The van der Waals surface area contributed by atoms with Crippen molar-refractivity contribution in [3.8, 4) is 6.07 Å². The van der Waals surface area contributed by atoms with Crippen molar-refractivity contribution < 1.29 is 0 Å². The van der Waals surface area contributed by atoms with Crippen LogP contribution in [0.15, 0.2) is 24.3 Å². The molecule has 0 aliphatic rings. The first-order valence-corrected chi connectivity index (χ1v) is 6.95. The second-order valence-corrected chi connectivity index (χ2v) is 5.71. The van der Waals surface area contributed by atoms with Gasteiger partial charge in [0, 0.05) is 12.2 Å². The Morgan fingerprint density at radius 3 is 2.68 bits per heavy atom. The highest BCUT2D eigenvalue weighted by Crippen LogP contribution is 2.21. The third-order valence-electron chi connectivity index (χ3n) is 3.38. The lowest BCUT2D eigenvalue weighted by molar-refractivity contribution is 0.260. The molecular weight excluding hydrogens is 234 g/mol. The molecule has 1 aromatic carbocycles. The summed E-state index contributed by atoms with van der Waals surface area (Å²) in [4.78, 5) is 2.39. The Morgan fingerprint density at radius 1 is 1.37 bits per heavy atom. The first kappa shape index (κ1) is 15.5. The zero-order valence-electron chi connectivity index (χ0n) is 12.3. The van der Waals surface area contributed by atoms with Crippen LogP contribution in [-0.4, -0.2) is 18.0 Å². The fourth-order valence-corrected chi connectivity index (χ4v) is 2.10. The molecule has 0 saturated heterocycles. The SMILES string of the molecule is CCN(CCCC(C)(C)C#N)Cc1cccc(N)c1. The smallest absolute Gasteiger partial charge is 0.0683 e. The van der Waals surface area contributed by atoms with E-state index < -0.39 is 0 Å². The average molecular weight is 259 g/mol. The summed E-state index contributed by atoms with van der Waals surface area (Å²) in [5.41, 5.74) is 7.65. The van der Waals surface area contributed by atoms with Crippen LogP contribution in [0.5, 0.6) is 0 Å². The predicted octanol–water partition coefficient (Wildman–Crippen LogP) is 3.42. The molecule has 0 atom stereocenters. The van der Waals surface area contributed by atoms with Crippen LogP contribution in [0.1, 0.15) is 39.2 Å². The zero-order valence-corrected chi connectivity index (χ0v) is 12.3. The van der Waals surface area contributed by atoms with Crippen molar-refractivity contribution in [2.45, 2.75) is 40.2 Å². The van der Waals surface area contributed by atoms with Gasteiger partial charge in [0.25, 0.3) is 0 Å². The number of rotatable bonds is 7. The van der Waals surface area contributed by atoms with Crippen molar-refractivity contribution in [2.75, 3.05) is 18.8 Å². The van der Waals surface area contributed by atoms with Gasteiger partial charge in [0.05, 0.1) is 11.5 Å². The van der Waals surface area contributed by atoms with Crippen LogP contribution >= 0.6 is 0 Å². The molecule has 1 rings (SSSR count). The molecule has 19 heavy (non-hydrogen) atoms. The summed E-state index contributed by atoms with van der Waals surface area (Å²) in [6, 6.07) is 10.4. The summed E-state index contributed by atoms with van der Waals surface area (Å²) in [6.07, 6.45) is 1.99. The van der Waals surface area contributed by atoms with Gasteiger partial charge in [0.15, 0.2) is 0 Å². The van der Waals surface area contributed by atoms with E-state index in [1.165, 1.54) is 5.56 Å². The Kier molecular flexibility index (Phi) is 5.85. The van der Waals surface area contributed by atoms with E-state index in [1.807, 2.05) is 32.0 Å². The van der Waals surface area contributed by atoms with Gasteiger partial charge in [-0.15, -0.1) is 0 Å². The van der Waals surface area contributed by atoms with E-state index in [-0.39, 0.29) is 5.41 Å². The number of nitrogens with two attached hydrogens (primary N) is 1. The lowest BCUT2D eigenvalue weighted by Gasteiger charge is -2.22. The Labute approximate surface area is 117 Å². The minimum absolute atomic E-state index is 0.212. The summed E-state index contributed by atoms with van der Waals surface area (Å²) < 4.78 is 0. The van der Waals surface area contributed by atoms with E-state index in [2.05, 4.69) is 24.0 Å². The molecule has 0 saturated carbocycles. The summed E-state index contributed by atoms with van der Waals surface area (Å²) in [6.45, 7) is 9.14. The number of nitriles is 1. The van der Waals surface area contributed by atoms with E-state index in [1.54, 1.807) is 0 Å². The van der Waals surface area contributed by atoms with Crippen LogP contribution in [-0.2, 0) is 6.54 Å². The normalized spacial score (nSPS) is 11.5. The maximum Gasteiger partial charge on any atom is 0.0683 e. The predicted molar refractivity (Wildman–Crippen MR) is 80.4 cm³/mol. The molecule has 0 spiro atoms. The molecule has 0 unspecified atom stereocenters. The summed E-state index contributed by atoms with van der Waals surface area (Å²) in [5, 5.41) is 9.00. The molecule has 0 radical (unpaired) electrons. The van der Waals surface area contributed by atoms with Crippen molar-refractivity contribution in [1.82, 2.24) is 4.90 Å². The van der Waals surface area contributed by atoms with Crippen molar-refractivity contribution >= 4 is 5.69 Å². The van der Waals surface area contributed by atoms with Crippen LogP contribution in [0, 0.1) is 16.7 Å². The van der Waals surface area contributed by atoms with Gasteiger partial charge in [-0.3, -0.25) is 4.90 Å². The number of anilines is 1. The van der Waals surface area contributed by atoms with Gasteiger partial charge in [-0.1, -0.05) is 19.1 Å². The Morgan fingerprint density at radius 2 is 2.11 bits per heavy atom.